The molecule has 0 spiro atoms. The molecule has 0 amide bonds. The van der Waals surface area contributed by atoms with Crippen LogP contribution >= 0.6 is 15.9 Å². The van der Waals surface area contributed by atoms with Gasteiger partial charge in [0.25, 0.3) is 0 Å². The first kappa shape index (κ1) is 13.9. The molecule has 0 saturated carbocycles. The Labute approximate surface area is 116 Å². The highest BCUT2D eigenvalue weighted by atomic mass is 79.9. The van der Waals surface area contributed by atoms with Crippen molar-refractivity contribution in [1.29, 1.82) is 0 Å². The Morgan fingerprint density at radius 3 is 2.67 bits per heavy atom. The van der Waals surface area contributed by atoms with Gasteiger partial charge < -0.3 is 10.0 Å². The van der Waals surface area contributed by atoms with Gasteiger partial charge >= 0.3 is 0 Å². The van der Waals surface area contributed by atoms with Crippen molar-refractivity contribution in [1.82, 2.24) is 24.8 Å². The molecule has 6 nitrogen and oxygen atoms in total. The molecule has 2 heterocycles. The molecule has 102 valence electrons. The first-order valence-corrected chi connectivity index (χ1v) is 6.92. The van der Waals surface area contributed by atoms with Crippen LogP contribution in [0, 0.1) is 0 Å². The molecule has 7 heteroatoms. The molecule has 0 bridgehead atoms. The van der Waals surface area contributed by atoms with Gasteiger partial charge in [0.1, 0.15) is 11.8 Å². The molecule has 0 radical (unpaired) electrons. The number of halogens is 1. The van der Waals surface area contributed by atoms with Gasteiger partial charge in [-0.05, 0) is 49.5 Å². The number of hydrogen-bond donors (Lipinski definition) is 1. The molecule has 1 saturated heterocycles. The van der Waals surface area contributed by atoms with Crippen molar-refractivity contribution in [2.24, 2.45) is 7.05 Å². The zero-order valence-electron chi connectivity index (χ0n) is 11.0. The molecule has 2 atom stereocenters. The molecular formula is C11H20BrN5O. The number of aryl methyl sites for hydroxylation is 1. The molecule has 1 aromatic rings. The molecule has 1 aliphatic heterocycles. The first-order chi connectivity index (χ1) is 8.50. The predicted molar refractivity (Wildman–Crippen MR) is 72.2 cm³/mol. The van der Waals surface area contributed by atoms with Crippen LogP contribution in [0.15, 0.2) is 4.60 Å². The summed E-state index contributed by atoms with van der Waals surface area (Å²) in [5.74, 6) is 0. The molecule has 18 heavy (non-hydrogen) atoms. The third-order valence-electron chi connectivity index (χ3n) is 3.59. The second-order valence-electron chi connectivity index (χ2n) is 5.00. The third-order valence-corrected chi connectivity index (χ3v) is 4.15. The van der Waals surface area contributed by atoms with E-state index in [1.165, 1.54) is 0 Å². The van der Waals surface area contributed by atoms with Gasteiger partial charge in [-0.25, -0.2) is 4.68 Å². The minimum absolute atomic E-state index is 0.0611. The van der Waals surface area contributed by atoms with Gasteiger partial charge in [0.05, 0.1) is 6.04 Å². The summed E-state index contributed by atoms with van der Waals surface area (Å²) in [5, 5.41) is 18.5. The SMILES string of the molecule is CN1CCCN(C)C(C(O)c2c(Br)nnn2C)C1. The maximum absolute atomic E-state index is 10.6. The Morgan fingerprint density at radius 2 is 2.06 bits per heavy atom. The Bertz CT molecular complexity index is 391. The van der Waals surface area contributed by atoms with Crippen molar-refractivity contribution in [3.8, 4) is 0 Å². The summed E-state index contributed by atoms with van der Waals surface area (Å²) in [6, 6.07) is 0.0611. The lowest BCUT2D eigenvalue weighted by molar-refractivity contribution is 0.0512. The summed E-state index contributed by atoms with van der Waals surface area (Å²) < 4.78 is 2.26. The quantitative estimate of drug-likeness (QED) is 0.847. The lowest BCUT2D eigenvalue weighted by atomic mass is 10.1. The summed E-state index contributed by atoms with van der Waals surface area (Å²) in [7, 11) is 5.96. The van der Waals surface area contributed by atoms with Crippen molar-refractivity contribution in [2.75, 3.05) is 33.7 Å². The van der Waals surface area contributed by atoms with Crippen molar-refractivity contribution in [2.45, 2.75) is 18.6 Å². The highest BCUT2D eigenvalue weighted by Crippen LogP contribution is 2.26. The number of likely N-dealkylation sites (N-methyl/N-ethyl adjacent to an activating group) is 2. The van der Waals surface area contributed by atoms with Crippen LogP contribution in [0.25, 0.3) is 0 Å². The van der Waals surface area contributed by atoms with Crippen molar-refractivity contribution in [3.05, 3.63) is 10.3 Å². The summed E-state index contributed by atoms with van der Waals surface area (Å²) in [6.45, 7) is 2.91. The molecule has 1 aromatic heterocycles. The van der Waals surface area contributed by atoms with Crippen LogP contribution in [0.1, 0.15) is 18.2 Å². The Balaban J connectivity index is 2.23. The van der Waals surface area contributed by atoms with Crippen LogP contribution in [0.4, 0.5) is 0 Å². The van der Waals surface area contributed by atoms with E-state index in [1.807, 2.05) is 0 Å². The fourth-order valence-electron chi connectivity index (χ4n) is 2.48. The van der Waals surface area contributed by atoms with Crippen LogP contribution in [0.5, 0.6) is 0 Å². The smallest absolute Gasteiger partial charge is 0.154 e. The minimum atomic E-state index is -0.593. The van der Waals surface area contributed by atoms with E-state index in [2.05, 4.69) is 50.1 Å². The number of nitrogens with zero attached hydrogens (tertiary/aromatic N) is 5. The molecule has 2 unspecified atom stereocenters. The predicted octanol–water partition coefficient (Wildman–Crippen LogP) is 0.247. The summed E-state index contributed by atoms with van der Waals surface area (Å²) in [4.78, 5) is 4.47. The fraction of sp³-hybridized carbons (Fsp3) is 0.818. The molecule has 0 aromatic carbocycles. The van der Waals surface area contributed by atoms with Gasteiger partial charge in [-0.2, -0.15) is 0 Å². The lowest BCUT2D eigenvalue weighted by Crippen LogP contribution is -2.42. The van der Waals surface area contributed by atoms with E-state index in [0.29, 0.717) is 4.60 Å². The second-order valence-corrected chi connectivity index (χ2v) is 5.75. The molecule has 1 aliphatic rings. The largest absolute Gasteiger partial charge is 0.385 e. The number of hydrogen-bond acceptors (Lipinski definition) is 5. The van der Waals surface area contributed by atoms with Gasteiger partial charge in [0, 0.05) is 13.6 Å². The van der Waals surface area contributed by atoms with Crippen molar-refractivity contribution in [3.63, 3.8) is 0 Å². The zero-order chi connectivity index (χ0) is 13.3. The zero-order valence-corrected chi connectivity index (χ0v) is 12.6. The monoisotopic (exact) mass is 317 g/mol. The first-order valence-electron chi connectivity index (χ1n) is 6.12. The average Bonchev–Trinajstić information content (AvgIpc) is 2.54. The van der Waals surface area contributed by atoms with E-state index in [-0.39, 0.29) is 6.04 Å². The topological polar surface area (TPSA) is 57.4 Å². The molecule has 2 rings (SSSR count). The average molecular weight is 318 g/mol. The standard InChI is InChI=1S/C11H20BrN5O/c1-15-5-4-6-16(2)8(7-15)10(18)9-11(12)13-14-17(9)3/h8,10,18H,4-7H2,1-3H3. The maximum atomic E-state index is 10.6. The van der Waals surface area contributed by atoms with E-state index >= 15 is 0 Å². The van der Waals surface area contributed by atoms with Crippen molar-refractivity contribution >= 4 is 15.9 Å². The summed E-state index contributed by atoms with van der Waals surface area (Å²) in [6.07, 6.45) is 0.533. The van der Waals surface area contributed by atoms with Gasteiger partial charge in [-0.1, -0.05) is 5.21 Å². The van der Waals surface area contributed by atoms with Gasteiger partial charge in [0.2, 0.25) is 0 Å². The highest BCUT2D eigenvalue weighted by Gasteiger charge is 2.31. The van der Waals surface area contributed by atoms with E-state index in [0.717, 1.165) is 31.7 Å². The third kappa shape index (κ3) is 2.74. The molecular weight excluding hydrogens is 298 g/mol. The normalized spacial score (nSPS) is 25.1. The lowest BCUT2D eigenvalue weighted by Gasteiger charge is -2.31. The van der Waals surface area contributed by atoms with Crippen LogP contribution in [-0.2, 0) is 7.05 Å². The van der Waals surface area contributed by atoms with E-state index in [1.54, 1.807) is 11.7 Å². The number of aliphatic hydroxyl groups is 1. The van der Waals surface area contributed by atoms with Gasteiger partial charge in [-0.3, -0.25) is 4.90 Å². The molecule has 1 N–H and O–H groups in total. The number of aliphatic hydroxyl groups excluding tert-OH is 1. The Hall–Kier alpha value is -0.500. The Morgan fingerprint density at radius 1 is 1.33 bits per heavy atom. The summed E-state index contributed by atoms with van der Waals surface area (Å²) >= 11 is 3.35. The van der Waals surface area contributed by atoms with Gasteiger partial charge in [0.15, 0.2) is 4.60 Å². The van der Waals surface area contributed by atoms with E-state index in [9.17, 15) is 5.11 Å². The van der Waals surface area contributed by atoms with E-state index in [4.69, 9.17) is 0 Å². The minimum Gasteiger partial charge on any atom is -0.385 e. The number of rotatable bonds is 2. The van der Waals surface area contributed by atoms with Crippen LogP contribution in [-0.4, -0.2) is 69.7 Å². The van der Waals surface area contributed by atoms with Gasteiger partial charge in [-0.15, -0.1) is 5.10 Å². The number of aromatic nitrogens is 3. The molecule has 1 fully saturated rings. The van der Waals surface area contributed by atoms with Crippen LogP contribution in [0.3, 0.4) is 0 Å². The highest BCUT2D eigenvalue weighted by molar-refractivity contribution is 9.10. The Kier molecular flexibility index (Phi) is 4.37. The second kappa shape index (κ2) is 5.64. The van der Waals surface area contributed by atoms with Crippen molar-refractivity contribution < 1.29 is 5.11 Å². The summed E-state index contributed by atoms with van der Waals surface area (Å²) in [5.41, 5.74) is 0.738. The maximum Gasteiger partial charge on any atom is 0.154 e. The van der Waals surface area contributed by atoms with Crippen LogP contribution < -0.4 is 0 Å². The van der Waals surface area contributed by atoms with Crippen LogP contribution in [0.2, 0.25) is 0 Å². The van der Waals surface area contributed by atoms with E-state index < -0.39 is 6.10 Å². The molecule has 0 aliphatic carbocycles. The fourth-order valence-corrected chi connectivity index (χ4v) is 3.04.